The molecule has 0 spiro atoms. The van der Waals surface area contributed by atoms with E-state index in [1.165, 1.54) is 17.5 Å². The number of hydrogen-bond donors (Lipinski definition) is 1. The highest BCUT2D eigenvalue weighted by atomic mass is 32.1. The number of thiazole rings is 1. The van der Waals surface area contributed by atoms with Crippen LogP contribution < -0.4 is 10.1 Å². The number of aromatic nitrogens is 1. The number of carbonyl (C=O) groups excluding carboxylic acids is 1. The normalized spacial score (nSPS) is 14.4. The molecule has 23 heavy (non-hydrogen) atoms. The number of ether oxygens (including phenoxy) is 1. The van der Waals surface area contributed by atoms with Gasteiger partial charge in [-0.1, -0.05) is 6.07 Å². The molecule has 1 aromatic carbocycles. The molecule has 1 aliphatic carbocycles. The zero-order valence-corrected chi connectivity index (χ0v) is 14.6. The number of carbonyl (C=O) groups is 1. The number of fused-ring (bicyclic) bond motifs is 1. The van der Waals surface area contributed by atoms with Gasteiger partial charge in [0.2, 0.25) is 0 Å². The molecule has 3 rings (SSSR count). The number of nitrogens with zero attached hydrogens (tertiary/aromatic N) is 1. The summed E-state index contributed by atoms with van der Waals surface area (Å²) in [6.45, 7) is 5.97. The van der Waals surface area contributed by atoms with E-state index in [0.717, 1.165) is 34.2 Å². The summed E-state index contributed by atoms with van der Waals surface area (Å²) in [5.41, 5.74) is 3.75. The third-order valence-corrected chi connectivity index (χ3v) is 5.41. The summed E-state index contributed by atoms with van der Waals surface area (Å²) in [4.78, 5) is 17.6. The van der Waals surface area contributed by atoms with Gasteiger partial charge in [0.05, 0.1) is 16.7 Å². The van der Waals surface area contributed by atoms with E-state index in [4.69, 9.17) is 4.74 Å². The van der Waals surface area contributed by atoms with Gasteiger partial charge in [-0.3, -0.25) is 4.79 Å². The Morgan fingerprint density at radius 1 is 1.35 bits per heavy atom. The van der Waals surface area contributed by atoms with Gasteiger partial charge in [0, 0.05) is 4.88 Å². The highest BCUT2D eigenvalue weighted by molar-refractivity contribution is 7.11. The van der Waals surface area contributed by atoms with Crippen molar-refractivity contribution in [3.63, 3.8) is 0 Å². The van der Waals surface area contributed by atoms with E-state index in [1.807, 2.05) is 26.8 Å². The number of benzene rings is 1. The Kier molecular flexibility index (Phi) is 4.66. The van der Waals surface area contributed by atoms with Crippen LogP contribution in [-0.2, 0) is 17.6 Å². The minimum atomic E-state index is -0.108. The number of aryl methyl sites for hydroxylation is 4. The van der Waals surface area contributed by atoms with Gasteiger partial charge < -0.3 is 10.1 Å². The molecule has 0 fully saturated rings. The van der Waals surface area contributed by atoms with Crippen LogP contribution in [-0.4, -0.2) is 17.5 Å². The van der Waals surface area contributed by atoms with Crippen molar-refractivity contribution in [1.29, 1.82) is 0 Å². The van der Waals surface area contributed by atoms with Gasteiger partial charge in [0.1, 0.15) is 5.75 Å². The van der Waals surface area contributed by atoms with Crippen LogP contribution in [0.1, 0.15) is 46.1 Å². The molecule has 1 atom stereocenters. The second-order valence-electron chi connectivity index (χ2n) is 6.04. The van der Waals surface area contributed by atoms with Gasteiger partial charge in [-0.2, -0.15) is 0 Å². The van der Waals surface area contributed by atoms with Gasteiger partial charge >= 0.3 is 0 Å². The zero-order valence-electron chi connectivity index (χ0n) is 13.8. The number of amides is 1. The molecule has 1 aromatic heterocycles. The standard InChI is InChI=1S/C18H22N2O2S/c1-11-18(23-13(3)19-11)12(2)20-17(21)10-22-16-8-7-14-5-4-6-15(14)9-16/h7-9,12H,4-6,10H2,1-3H3,(H,20,21)/t12-/m1/s1. The van der Waals surface area contributed by atoms with Crippen LogP contribution in [0.2, 0.25) is 0 Å². The highest BCUT2D eigenvalue weighted by Crippen LogP contribution is 2.26. The van der Waals surface area contributed by atoms with Crippen LogP contribution in [0.25, 0.3) is 0 Å². The van der Waals surface area contributed by atoms with E-state index in [9.17, 15) is 4.79 Å². The molecular formula is C18H22N2O2S. The summed E-state index contributed by atoms with van der Waals surface area (Å²) in [7, 11) is 0. The van der Waals surface area contributed by atoms with E-state index in [1.54, 1.807) is 11.3 Å². The fraction of sp³-hybridized carbons (Fsp3) is 0.444. The largest absolute Gasteiger partial charge is 0.484 e. The van der Waals surface area contributed by atoms with Crippen LogP contribution in [0, 0.1) is 13.8 Å². The van der Waals surface area contributed by atoms with Crippen LogP contribution in [0.15, 0.2) is 18.2 Å². The van der Waals surface area contributed by atoms with E-state index in [2.05, 4.69) is 22.4 Å². The van der Waals surface area contributed by atoms with Gasteiger partial charge in [-0.15, -0.1) is 11.3 Å². The number of nitrogens with one attached hydrogen (secondary N) is 1. The molecule has 1 heterocycles. The molecule has 1 N–H and O–H groups in total. The van der Waals surface area contributed by atoms with Crippen molar-refractivity contribution >= 4 is 17.2 Å². The predicted octanol–water partition coefficient (Wildman–Crippen LogP) is 3.50. The van der Waals surface area contributed by atoms with Crippen molar-refractivity contribution in [1.82, 2.24) is 10.3 Å². The minimum absolute atomic E-state index is 0.0416. The molecule has 1 aliphatic rings. The third-order valence-electron chi connectivity index (χ3n) is 4.15. The molecule has 4 nitrogen and oxygen atoms in total. The summed E-state index contributed by atoms with van der Waals surface area (Å²) < 4.78 is 5.64. The maximum absolute atomic E-state index is 12.1. The Labute approximate surface area is 140 Å². The fourth-order valence-electron chi connectivity index (χ4n) is 3.08. The molecule has 0 saturated carbocycles. The molecular weight excluding hydrogens is 308 g/mol. The Morgan fingerprint density at radius 2 is 2.13 bits per heavy atom. The maximum atomic E-state index is 12.1. The minimum Gasteiger partial charge on any atom is -0.484 e. The summed E-state index contributed by atoms with van der Waals surface area (Å²) in [5.74, 6) is 0.668. The van der Waals surface area contributed by atoms with Crippen LogP contribution in [0.5, 0.6) is 5.75 Å². The topological polar surface area (TPSA) is 51.2 Å². The Balaban J connectivity index is 1.54. The van der Waals surface area contributed by atoms with E-state index < -0.39 is 0 Å². The lowest BCUT2D eigenvalue weighted by Crippen LogP contribution is -2.31. The van der Waals surface area contributed by atoms with Crippen LogP contribution in [0.4, 0.5) is 0 Å². The lowest BCUT2D eigenvalue weighted by molar-refractivity contribution is -0.123. The summed E-state index contributed by atoms with van der Waals surface area (Å²) in [6, 6.07) is 6.09. The maximum Gasteiger partial charge on any atom is 0.258 e. The van der Waals surface area contributed by atoms with Gasteiger partial charge in [0.25, 0.3) is 5.91 Å². The van der Waals surface area contributed by atoms with Gasteiger partial charge in [-0.25, -0.2) is 4.98 Å². The van der Waals surface area contributed by atoms with Gasteiger partial charge in [0.15, 0.2) is 6.61 Å². The first-order chi connectivity index (χ1) is 11.0. The number of hydrogen-bond acceptors (Lipinski definition) is 4. The first-order valence-electron chi connectivity index (χ1n) is 8.01. The first kappa shape index (κ1) is 16.0. The lowest BCUT2D eigenvalue weighted by atomic mass is 10.1. The van der Waals surface area contributed by atoms with E-state index in [0.29, 0.717) is 0 Å². The fourth-order valence-corrected chi connectivity index (χ4v) is 4.01. The molecule has 0 unspecified atom stereocenters. The monoisotopic (exact) mass is 330 g/mol. The van der Waals surface area contributed by atoms with Crippen molar-refractivity contribution in [2.24, 2.45) is 0 Å². The highest BCUT2D eigenvalue weighted by Gasteiger charge is 2.16. The van der Waals surface area contributed by atoms with Crippen molar-refractivity contribution in [3.8, 4) is 5.75 Å². The number of rotatable bonds is 5. The van der Waals surface area contributed by atoms with Crippen LogP contribution in [0.3, 0.4) is 0 Å². The quantitative estimate of drug-likeness (QED) is 0.913. The molecule has 1 amide bonds. The Hall–Kier alpha value is -1.88. The van der Waals surface area contributed by atoms with E-state index in [-0.39, 0.29) is 18.6 Å². The average molecular weight is 330 g/mol. The van der Waals surface area contributed by atoms with Gasteiger partial charge in [-0.05, 0) is 63.3 Å². The van der Waals surface area contributed by atoms with Crippen molar-refractivity contribution in [3.05, 3.63) is 44.9 Å². The molecule has 5 heteroatoms. The Morgan fingerprint density at radius 3 is 2.87 bits per heavy atom. The molecule has 2 aromatic rings. The molecule has 0 radical (unpaired) electrons. The third kappa shape index (κ3) is 3.72. The molecule has 0 bridgehead atoms. The average Bonchev–Trinajstić information content (AvgIpc) is 3.10. The summed E-state index contributed by atoms with van der Waals surface area (Å²) in [6.07, 6.45) is 3.48. The first-order valence-corrected chi connectivity index (χ1v) is 8.82. The van der Waals surface area contributed by atoms with Crippen molar-refractivity contribution < 1.29 is 9.53 Å². The summed E-state index contributed by atoms with van der Waals surface area (Å²) in [5, 5.41) is 4.00. The van der Waals surface area contributed by atoms with E-state index >= 15 is 0 Å². The van der Waals surface area contributed by atoms with Crippen molar-refractivity contribution in [2.75, 3.05) is 6.61 Å². The molecule has 122 valence electrons. The van der Waals surface area contributed by atoms with Crippen LogP contribution >= 0.6 is 11.3 Å². The zero-order chi connectivity index (χ0) is 16.4. The molecule has 0 saturated heterocycles. The summed E-state index contributed by atoms with van der Waals surface area (Å²) >= 11 is 1.63. The molecule has 0 aliphatic heterocycles. The van der Waals surface area contributed by atoms with Crippen molar-refractivity contribution in [2.45, 2.75) is 46.1 Å². The second kappa shape index (κ2) is 6.71. The SMILES string of the molecule is Cc1nc(C)c([C@@H](C)NC(=O)COc2ccc3c(c2)CCC3)s1. The smallest absolute Gasteiger partial charge is 0.258 e. The predicted molar refractivity (Wildman–Crippen MR) is 92.1 cm³/mol. The second-order valence-corrected chi connectivity index (χ2v) is 7.28. The Bertz CT molecular complexity index is 724. The lowest BCUT2D eigenvalue weighted by Gasteiger charge is -2.14.